The first-order valence-electron chi connectivity index (χ1n) is 5.27. The highest BCUT2D eigenvalue weighted by atomic mass is 14.8. The standard InChI is InChI=1S/C11H25N/c1-5-6-7-8-9-11(2,3)10-12-4/h12H,5-10H2,1-4H3. The van der Waals surface area contributed by atoms with Gasteiger partial charge in [-0.1, -0.05) is 46.5 Å². The second kappa shape index (κ2) is 6.47. The summed E-state index contributed by atoms with van der Waals surface area (Å²) in [4.78, 5) is 0. The molecule has 0 aliphatic heterocycles. The lowest BCUT2D eigenvalue weighted by Gasteiger charge is -2.23. The van der Waals surface area contributed by atoms with E-state index in [0.29, 0.717) is 5.41 Å². The highest BCUT2D eigenvalue weighted by Crippen LogP contribution is 2.22. The molecule has 0 saturated heterocycles. The minimum Gasteiger partial charge on any atom is -0.319 e. The van der Waals surface area contributed by atoms with Gasteiger partial charge in [-0.15, -0.1) is 0 Å². The van der Waals surface area contributed by atoms with Crippen molar-refractivity contribution in [1.82, 2.24) is 5.32 Å². The molecule has 1 N–H and O–H groups in total. The molecule has 0 atom stereocenters. The molecule has 0 aliphatic carbocycles. The molecule has 1 heteroatoms. The van der Waals surface area contributed by atoms with Gasteiger partial charge in [0.1, 0.15) is 0 Å². The molecule has 0 aromatic carbocycles. The van der Waals surface area contributed by atoms with Crippen molar-refractivity contribution in [3.8, 4) is 0 Å². The van der Waals surface area contributed by atoms with Crippen molar-refractivity contribution < 1.29 is 0 Å². The van der Waals surface area contributed by atoms with Crippen LogP contribution in [-0.2, 0) is 0 Å². The van der Waals surface area contributed by atoms with Gasteiger partial charge in [-0.05, 0) is 25.4 Å². The van der Waals surface area contributed by atoms with E-state index in [2.05, 4.69) is 26.1 Å². The zero-order chi connectivity index (χ0) is 9.45. The summed E-state index contributed by atoms with van der Waals surface area (Å²) in [6.45, 7) is 8.09. The monoisotopic (exact) mass is 171 g/mol. The van der Waals surface area contributed by atoms with E-state index in [-0.39, 0.29) is 0 Å². The molecule has 12 heavy (non-hydrogen) atoms. The van der Waals surface area contributed by atoms with E-state index < -0.39 is 0 Å². The normalized spacial score (nSPS) is 12.0. The number of hydrogen-bond acceptors (Lipinski definition) is 1. The van der Waals surface area contributed by atoms with Gasteiger partial charge in [0.2, 0.25) is 0 Å². The van der Waals surface area contributed by atoms with E-state index in [1.165, 1.54) is 32.1 Å². The summed E-state index contributed by atoms with van der Waals surface area (Å²) >= 11 is 0. The van der Waals surface area contributed by atoms with Crippen LogP contribution in [0.3, 0.4) is 0 Å². The van der Waals surface area contributed by atoms with E-state index in [9.17, 15) is 0 Å². The maximum absolute atomic E-state index is 3.25. The fraction of sp³-hybridized carbons (Fsp3) is 1.00. The average Bonchev–Trinajstić information content (AvgIpc) is 1.98. The Labute approximate surface area is 77.9 Å². The molecule has 1 nitrogen and oxygen atoms in total. The Hall–Kier alpha value is -0.0400. The lowest BCUT2D eigenvalue weighted by atomic mass is 9.87. The number of unbranched alkanes of at least 4 members (excludes halogenated alkanes) is 3. The van der Waals surface area contributed by atoms with Crippen molar-refractivity contribution in [1.29, 1.82) is 0 Å². The van der Waals surface area contributed by atoms with Crippen LogP contribution in [-0.4, -0.2) is 13.6 Å². The maximum Gasteiger partial charge on any atom is -0.0000488 e. The Kier molecular flexibility index (Phi) is 6.45. The molecule has 0 aliphatic rings. The van der Waals surface area contributed by atoms with Crippen LogP contribution in [0.25, 0.3) is 0 Å². The predicted molar refractivity (Wildman–Crippen MR) is 56.5 cm³/mol. The second-order valence-electron chi connectivity index (χ2n) is 4.51. The van der Waals surface area contributed by atoms with Crippen molar-refractivity contribution >= 4 is 0 Å². The van der Waals surface area contributed by atoms with Crippen LogP contribution >= 0.6 is 0 Å². The first-order chi connectivity index (χ1) is 5.62. The van der Waals surface area contributed by atoms with Gasteiger partial charge in [0.25, 0.3) is 0 Å². The van der Waals surface area contributed by atoms with Crippen molar-refractivity contribution in [2.45, 2.75) is 52.9 Å². The van der Waals surface area contributed by atoms with Gasteiger partial charge < -0.3 is 5.32 Å². The van der Waals surface area contributed by atoms with Gasteiger partial charge in [0, 0.05) is 0 Å². The third-order valence-corrected chi connectivity index (χ3v) is 2.36. The van der Waals surface area contributed by atoms with Crippen molar-refractivity contribution in [2.24, 2.45) is 5.41 Å². The molecule has 0 unspecified atom stereocenters. The predicted octanol–water partition coefficient (Wildman–Crippen LogP) is 3.20. The van der Waals surface area contributed by atoms with Crippen molar-refractivity contribution in [3.05, 3.63) is 0 Å². The van der Waals surface area contributed by atoms with E-state index in [0.717, 1.165) is 6.54 Å². The molecule has 0 saturated carbocycles. The summed E-state index contributed by atoms with van der Waals surface area (Å²) in [5.74, 6) is 0. The van der Waals surface area contributed by atoms with E-state index in [1.54, 1.807) is 0 Å². The fourth-order valence-corrected chi connectivity index (χ4v) is 1.60. The number of rotatable bonds is 7. The van der Waals surface area contributed by atoms with Crippen molar-refractivity contribution in [3.63, 3.8) is 0 Å². The lowest BCUT2D eigenvalue weighted by molar-refractivity contribution is 0.310. The van der Waals surface area contributed by atoms with Crippen LogP contribution in [0.15, 0.2) is 0 Å². The molecule has 0 fully saturated rings. The summed E-state index contributed by atoms with van der Waals surface area (Å²) in [5.41, 5.74) is 0.489. The fourth-order valence-electron chi connectivity index (χ4n) is 1.60. The Morgan fingerprint density at radius 1 is 1.08 bits per heavy atom. The van der Waals surface area contributed by atoms with Crippen molar-refractivity contribution in [2.75, 3.05) is 13.6 Å². The summed E-state index contributed by atoms with van der Waals surface area (Å²) in [6, 6.07) is 0. The Bertz CT molecular complexity index is 97.2. The van der Waals surface area contributed by atoms with Gasteiger partial charge in [-0.3, -0.25) is 0 Å². The number of hydrogen-bond donors (Lipinski definition) is 1. The Balaban J connectivity index is 3.33. The molecular formula is C11H25N. The molecule has 0 heterocycles. The van der Waals surface area contributed by atoms with Crippen LogP contribution in [0.1, 0.15) is 52.9 Å². The van der Waals surface area contributed by atoms with Crippen LogP contribution in [0.4, 0.5) is 0 Å². The van der Waals surface area contributed by atoms with Crippen LogP contribution in [0, 0.1) is 5.41 Å². The highest BCUT2D eigenvalue weighted by Gasteiger charge is 2.15. The molecule has 0 spiro atoms. The van der Waals surface area contributed by atoms with Gasteiger partial charge in [0.05, 0.1) is 0 Å². The smallest absolute Gasteiger partial charge is 0.0000488 e. The van der Waals surface area contributed by atoms with E-state index >= 15 is 0 Å². The zero-order valence-electron chi connectivity index (χ0n) is 9.24. The Morgan fingerprint density at radius 2 is 1.75 bits per heavy atom. The van der Waals surface area contributed by atoms with Crippen LogP contribution < -0.4 is 5.32 Å². The first kappa shape index (κ1) is 12.0. The number of nitrogens with one attached hydrogen (secondary N) is 1. The molecule has 0 aromatic heterocycles. The second-order valence-corrected chi connectivity index (χ2v) is 4.51. The molecule has 0 radical (unpaired) electrons. The molecule has 74 valence electrons. The van der Waals surface area contributed by atoms with E-state index in [4.69, 9.17) is 0 Å². The summed E-state index contributed by atoms with van der Waals surface area (Å²) in [7, 11) is 2.04. The third-order valence-electron chi connectivity index (χ3n) is 2.36. The maximum atomic E-state index is 3.25. The third kappa shape index (κ3) is 6.66. The lowest BCUT2D eigenvalue weighted by Crippen LogP contribution is -2.26. The van der Waals surface area contributed by atoms with Gasteiger partial charge in [-0.25, -0.2) is 0 Å². The zero-order valence-corrected chi connectivity index (χ0v) is 9.24. The van der Waals surface area contributed by atoms with Gasteiger partial charge in [-0.2, -0.15) is 0 Å². The minimum atomic E-state index is 0.489. The Morgan fingerprint density at radius 3 is 2.25 bits per heavy atom. The van der Waals surface area contributed by atoms with Gasteiger partial charge in [0.15, 0.2) is 0 Å². The molecule has 0 aromatic rings. The first-order valence-corrected chi connectivity index (χ1v) is 5.27. The van der Waals surface area contributed by atoms with Gasteiger partial charge >= 0.3 is 0 Å². The summed E-state index contributed by atoms with van der Waals surface area (Å²) in [6.07, 6.45) is 6.89. The molecule has 0 rings (SSSR count). The van der Waals surface area contributed by atoms with Crippen LogP contribution in [0.2, 0.25) is 0 Å². The largest absolute Gasteiger partial charge is 0.319 e. The van der Waals surface area contributed by atoms with Crippen LogP contribution in [0.5, 0.6) is 0 Å². The molecular weight excluding hydrogens is 146 g/mol. The summed E-state index contributed by atoms with van der Waals surface area (Å²) < 4.78 is 0. The molecule has 0 bridgehead atoms. The quantitative estimate of drug-likeness (QED) is 0.580. The average molecular weight is 171 g/mol. The SMILES string of the molecule is CCCCCCC(C)(C)CNC. The highest BCUT2D eigenvalue weighted by molar-refractivity contribution is 4.70. The van der Waals surface area contributed by atoms with E-state index in [1.807, 2.05) is 7.05 Å². The topological polar surface area (TPSA) is 12.0 Å². The summed E-state index contributed by atoms with van der Waals surface area (Å²) in [5, 5.41) is 3.25. The minimum absolute atomic E-state index is 0.489. The molecule has 0 amide bonds.